The van der Waals surface area contributed by atoms with Crippen LogP contribution in [0, 0.1) is 23.7 Å². The molecule has 0 amide bonds. The van der Waals surface area contributed by atoms with E-state index in [9.17, 15) is 0 Å². The maximum Gasteiger partial charge on any atom is 0.0399 e. The molecular formula is C14H18BrNS. The third-order valence-electron chi connectivity index (χ3n) is 5.22. The van der Waals surface area contributed by atoms with Crippen molar-refractivity contribution >= 4 is 27.3 Å². The molecule has 1 heterocycles. The number of thiophene rings is 1. The van der Waals surface area contributed by atoms with Crippen LogP contribution in [0.4, 0.5) is 0 Å². The Hall–Kier alpha value is 0.140. The zero-order valence-corrected chi connectivity index (χ0v) is 12.4. The van der Waals surface area contributed by atoms with Crippen molar-refractivity contribution in [3.63, 3.8) is 0 Å². The van der Waals surface area contributed by atoms with Crippen LogP contribution in [-0.2, 0) is 0 Å². The first-order chi connectivity index (χ1) is 8.25. The number of hydrogen-bond acceptors (Lipinski definition) is 2. The molecule has 0 saturated heterocycles. The molecule has 1 aromatic rings. The molecule has 0 spiro atoms. The molecule has 1 nitrogen and oxygen atoms in total. The fraction of sp³-hybridized carbons (Fsp3) is 0.714. The number of fused-ring (bicyclic) bond motifs is 5. The second-order valence-corrected chi connectivity index (χ2v) is 7.84. The van der Waals surface area contributed by atoms with Crippen molar-refractivity contribution in [3.05, 3.63) is 20.8 Å². The molecule has 3 aliphatic rings. The quantitative estimate of drug-likeness (QED) is 0.882. The van der Waals surface area contributed by atoms with Crippen molar-refractivity contribution in [1.82, 2.24) is 5.32 Å². The predicted octanol–water partition coefficient (Wildman–Crippen LogP) is 4.21. The summed E-state index contributed by atoms with van der Waals surface area (Å²) in [4.78, 5) is 1.46. The van der Waals surface area contributed by atoms with Crippen molar-refractivity contribution in [3.8, 4) is 0 Å². The molecule has 0 radical (unpaired) electrons. The van der Waals surface area contributed by atoms with Crippen LogP contribution in [0.15, 0.2) is 15.9 Å². The first kappa shape index (κ1) is 11.0. The summed E-state index contributed by atoms with van der Waals surface area (Å²) in [6.45, 7) is 2.31. The van der Waals surface area contributed by atoms with Crippen molar-refractivity contribution in [1.29, 1.82) is 0 Å². The van der Waals surface area contributed by atoms with Gasteiger partial charge in [0.2, 0.25) is 0 Å². The number of halogens is 1. The Labute approximate surface area is 115 Å². The van der Waals surface area contributed by atoms with Gasteiger partial charge in [-0.2, -0.15) is 0 Å². The minimum atomic E-state index is 0.513. The Morgan fingerprint density at radius 1 is 1.35 bits per heavy atom. The maximum absolute atomic E-state index is 3.88. The van der Waals surface area contributed by atoms with E-state index in [1.807, 2.05) is 11.3 Å². The highest BCUT2D eigenvalue weighted by Crippen LogP contribution is 2.65. The minimum Gasteiger partial charge on any atom is -0.306 e. The van der Waals surface area contributed by atoms with Crippen LogP contribution in [0.1, 0.15) is 37.1 Å². The Morgan fingerprint density at radius 3 is 2.65 bits per heavy atom. The molecular weight excluding hydrogens is 294 g/mol. The van der Waals surface area contributed by atoms with Gasteiger partial charge in [0, 0.05) is 21.4 Å². The number of nitrogens with one attached hydrogen (secondary N) is 1. The summed E-state index contributed by atoms with van der Waals surface area (Å²) < 4.78 is 1.27. The largest absolute Gasteiger partial charge is 0.306 e. The van der Waals surface area contributed by atoms with E-state index >= 15 is 0 Å². The monoisotopic (exact) mass is 311 g/mol. The van der Waals surface area contributed by atoms with Gasteiger partial charge in [-0.3, -0.25) is 0 Å². The van der Waals surface area contributed by atoms with Crippen molar-refractivity contribution < 1.29 is 0 Å². The highest BCUT2D eigenvalue weighted by molar-refractivity contribution is 9.10. The standard InChI is InChI=1S/C14H18BrNS/c1-7(14-10(15)4-5-17-14)16-13-11-8-2-3-9(6-8)12(11)13/h4-5,7-9,11-13,16H,2-3,6H2,1H3. The number of hydrogen-bond donors (Lipinski definition) is 1. The summed E-state index contributed by atoms with van der Waals surface area (Å²) in [5.74, 6) is 4.22. The van der Waals surface area contributed by atoms with E-state index in [0.717, 1.165) is 29.7 Å². The van der Waals surface area contributed by atoms with Gasteiger partial charge in [0.1, 0.15) is 0 Å². The van der Waals surface area contributed by atoms with Gasteiger partial charge in [0.05, 0.1) is 0 Å². The summed E-state index contributed by atoms with van der Waals surface area (Å²) in [6.07, 6.45) is 4.58. The van der Waals surface area contributed by atoms with Gasteiger partial charge >= 0.3 is 0 Å². The molecule has 5 unspecified atom stereocenters. The van der Waals surface area contributed by atoms with Crippen molar-refractivity contribution in [2.75, 3.05) is 0 Å². The number of rotatable bonds is 3. The predicted molar refractivity (Wildman–Crippen MR) is 75.2 cm³/mol. The maximum atomic E-state index is 3.88. The summed E-state index contributed by atoms with van der Waals surface area (Å²) in [7, 11) is 0. The molecule has 3 saturated carbocycles. The first-order valence-corrected chi connectivity index (χ1v) is 8.42. The molecule has 2 bridgehead atoms. The third-order valence-corrected chi connectivity index (χ3v) is 7.27. The van der Waals surface area contributed by atoms with Crippen LogP contribution in [0.2, 0.25) is 0 Å². The summed E-state index contributed by atoms with van der Waals surface area (Å²) in [5, 5.41) is 6.06. The lowest BCUT2D eigenvalue weighted by Crippen LogP contribution is -2.25. The van der Waals surface area contributed by atoms with Crippen LogP contribution < -0.4 is 5.32 Å². The molecule has 92 valence electrons. The molecule has 1 N–H and O–H groups in total. The Balaban J connectivity index is 1.45. The van der Waals surface area contributed by atoms with Gasteiger partial charge < -0.3 is 5.32 Å². The van der Waals surface area contributed by atoms with Gasteiger partial charge in [0.25, 0.3) is 0 Å². The van der Waals surface area contributed by atoms with E-state index in [1.165, 1.54) is 22.2 Å². The fourth-order valence-electron chi connectivity index (χ4n) is 4.53. The first-order valence-electron chi connectivity index (χ1n) is 6.74. The molecule has 0 aliphatic heterocycles. The second kappa shape index (κ2) is 3.82. The van der Waals surface area contributed by atoms with Gasteiger partial charge in [-0.05, 0) is 77.2 Å². The van der Waals surface area contributed by atoms with Crippen LogP contribution in [0.5, 0.6) is 0 Å². The average molecular weight is 312 g/mol. The van der Waals surface area contributed by atoms with E-state index in [0.29, 0.717) is 6.04 Å². The summed E-state index contributed by atoms with van der Waals surface area (Å²) in [5.41, 5.74) is 0. The van der Waals surface area contributed by atoms with Crippen LogP contribution in [0.25, 0.3) is 0 Å². The van der Waals surface area contributed by atoms with E-state index in [2.05, 4.69) is 39.6 Å². The zero-order valence-electron chi connectivity index (χ0n) is 10.0. The Morgan fingerprint density at radius 2 is 2.06 bits per heavy atom. The Kier molecular flexibility index (Phi) is 2.47. The van der Waals surface area contributed by atoms with Gasteiger partial charge in [-0.1, -0.05) is 0 Å². The summed E-state index contributed by atoms with van der Waals surface area (Å²) >= 11 is 5.51. The van der Waals surface area contributed by atoms with E-state index in [1.54, 1.807) is 6.42 Å². The van der Waals surface area contributed by atoms with Crippen molar-refractivity contribution in [2.24, 2.45) is 23.7 Å². The van der Waals surface area contributed by atoms with Gasteiger partial charge in [-0.25, -0.2) is 0 Å². The van der Waals surface area contributed by atoms with Gasteiger partial charge in [-0.15, -0.1) is 11.3 Å². The van der Waals surface area contributed by atoms with Crippen LogP contribution in [-0.4, -0.2) is 6.04 Å². The lowest BCUT2D eigenvalue weighted by atomic mass is 10.0. The summed E-state index contributed by atoms with van der Waals surface area (Å²) in [6, 6.07) is 3.51. The Bertz CT molecular complexity index is 427. The van der Waals surface area contributed by atoms with Crippen LogP contribution >= 0.6 is 27.3 Å². The highest BCUT2D eigenvalue weighted by Gasteiger charge is 2.64. The third kappa shape index (κ3) is 1.58. The van der Waals surface area contributed by atoms with Crippen molar-refractivity contribution in [2.45, 2.75) is 38.3 Å². The van der Waals surface area contributed by atoms with Gasteiger partial charge in [0.15, 0.2) is 0 Å². The average Bonchev–Trinajstić information content (AvgIpc) is 2.76. The van der Waals surface area contributed by atoms with E-state index < -0.39 is 0 Å². The molecule has 4 rings (SSSR count). The second-order valence-electron chi connectivity index (χ2n) is 6.03. The van der Waals surface area contributed by atoms with E-state index in [4.69, 9.17) is 0 Å². The normalized spacial score (nSPS) is 43.8. The molecule has 1 aromatic heterocycles. The lowest BCUT2D eigenvalue weighted by molar-refractivity contribution is 0.435. The zero-order chi connectivity index (χ0) is 11.6. The lowest BCUT2D eigenvalue weighted by Gasteiger charge is -2.16. The molecule has 3 fully saturated rings. The van der Waals surface area contributed by atoms with Crippen LogP contribution in [0.3, 0.4) is 0 Å². The topological polar surface area (TPSA) is 12.0 Å². The highest BCUT2D eigenvalue weighted by atomic mass is 79.9. The molecule has 3 heteroatoms. The van der Waals surface area contributed by atoms with E-state index in [-0.39, 0.29) is 0 Å². The molecule has 0 aromatic carbocycles. The minimum absolute atomic E-state index is 0.513. The SMILES string of the molecule is CC(NC1C2C3CCC(C3)C12)c1sccc1Br. The molecule has 5 atom stereocenters. The molecule has 17 heavy (non-hydrogen) atoms. The smallest absolute Gasteiger partial charge is 0.0399 e. The fourth-order valence-corrected chi connectivity index (χ4v) is 6.26. The molecule has 3 aliphatic carbocycles.